The lowest BCUT2D eigenvalue weighted by atomic mass is 10.2. The number of rotatable bonds is 6. The van der Waals surface area contributed by atoms with Crippen molar-refractivity contribution in [3.63, 3.8) is 0 Å². The second kappa shape index (κ2) is 7.90. The average Bonchev–Trinajstić information content (AvgIpc) is 3.09. The monoisotopic (exact) mass is 356 g/mol. The number of aromatic nitrogens is 1. The topological polar surface area (TPSA) is 51.2 Å². The Bertz CT molecular complexity index is 834. The highest BCUT2D eigenvalue weighted by molar-refractivity contribution is 7.14. The zero-order chi connectivity index (χ0) is 17.6. The third-order valence-corrected chi connectivity index (χ3v) is 4.32. The number of hydrogen-bond acceptors (Lipinski definition) is 4. The minimum absolute atomic E-state index is 0.244. The molecule has 0 saturated heterocycles. The van der Waals surface area contributed by atoms with Gasteiger partial charge in [-0.2, -0.15) is 0 Å². The zero-order valence-electron chi connectivity index (χ0n) is 13.6. The molecule has 0 unspecified atom stereocenters. The summed E-state index contributed by atoms with van der Waals surface area (Å²) in [7, 11) is 0. The van der Waals surface area contributed by atoms with Gasteiger partial charge in [-0.25, -0.2) is 9.37 Å². The number of nitrogens with one attached hydrogen (secondary N) is 1. The Morgan fingerprint density at radius 3 is 2.60 bits per heavy atom. The maximum Gasteiger partial charge on any atom is 0.267 e. The highest BCUT2D eigenvalue weighted by Crippen LogP contribution is 2.25. The molecule has 4 nitrogen and oxygen atoms in total. The van der Waals surface area contributed by atoms with E-state index in [1.807, 2.05) is 42.6 Å². The molecule has 0 aliphatic rings. The number of ether oxygens (including phenoxy) is 1. The molecular weight excluding hydrogens is 339 g/mol. The molecule has 0 spiro atoms. The number of nitrogens with zero attached hydrogens (tertiary/aromatic N) is 1. The third kappa shape index (κ3) is 4.42. The highest BCUT2D eigenvalue weighted by Gasteiger charge is 2.19. The van der Waals surface area contributed by atoms with Gasteiger partial charge in [0, 0.05) is 10.9 Å². The smallest absolute Gasteiger partial charge is 0.267 e. The van der Waals surface area contributed by atoms with Crippen molar-refractivity contribution in [3.05, 3.63) is 65.8 Å². The van der Waals surface area contributed by atoms with Crippen molar-refractivity contribution in [2.75, 3.05) is 5.32 Å². The second-order valence-corrected chi connectivity index (χ2v) is 6.22. The van der Waals surface area contributed by atoms with Gasteiger partial charge in [0.15, 0.2) is 11.2 Å². The summed E-state index contributed by atoms with van der Waals surface area (Å²) in [6.45, 7) is 1.89. The molecule has 1 amide bonds. The standard InChI is InChI=1S/C19H17FN2O2S/c1-2-17(24-15-6-4-3-5-7-15)18(23)22-19-21-16(12-25-19)13-8-10-14(20)11-9-13/h3-12,17H,2H2,1H3,(H,21,22,23)/t17-/m1/s1. The van der Waals surface area contributed by atoms with Crippen LogP contribution in [0.5, 0.6) is 5.75 Å². The molecule has 1 aromatic heterocycles. The van der Waals surface area contributed by atoms with Gasteiger partial charge in [-0.1, -0.05) is 25.1 Å². The summed E-state index contributed by atoms with van der Waals surface area (Å²) < 4.78 is 18.7. The molecule has 3 rings (SSSR count). The number of amides is 1. The summed E-state index contributed by atoms with van der Waals surface area (Å²) in [5.74, 6) is 0.110. The first-order valence-electron chi connectivity index (χ1n) is 7.89. The Balaban J connectivity index is 1.67. The normalized spacial score (nSPS) is 11.8. The lowest BCUT2D eigenvalue weighted by Crippen LogP contribution is -2.32. The van der Waals surface area contributed by atoms with Crippen molar-refractivity contribution < 1.29 is 13.9 Å². The molecule has 0 aliphatic carbocycles. The van der Waals surface area contributed by atoms with E-state index in [1.165, 1.54) is 23.5 Å². The van der Waals surface area contributed by atoms with Gasteiger partial charge in [0.2, 0.25) is 0 Å². The van der Waals surface area contributed by atoms with Gasteiger partial charge in [0.1, 0.15) is 11.6 Å². The van der Waals surface area contributed by atoms with Gasteiger partial charge < -0.3 is 4.74 Å². The van der Waals surface area contributed by atoms with E-state index in [0.29, 0.717) is 23.0 Å². The molecule has 0 bridgehead atoms. The predicted octanol–water partition coefficient (Wildman–Crippen LogP) is 4.75. The van der Waals surface area contributed by atoms with Gasteiger partial charge in [-0.3, -0.25) is 10.1 Å². The van der Waals surface area contributed by atoms with E-state index < -0.39 is 6.10 Å². The van der Waals surface area contributed by atoms with Crippen LogP contribution in [0.15, 0.2) is 60.0 Å². The van der Waals surface area contributed by atoms with Gasteiger partial charge in [0.25, 0.3) is 5.91 Å². The van der Waals surface area contributed by atoms with Crippen LogP contribution in [0, 0.1) is 5.82 Å². The van der Waals surface area contributed by atoms with Crippen LogP contribution in [0.25, 0.3) is 11.3 Å². The van der Waals surface area contributed by atoms with Crippen LogP contribution in [0.1, 0.15) is 13.3 Å². The van der Waals surface area contributed by atoms with Crippen molar-refractivity contribution in [2.24, 2.45) is 0 Å². The first kappa shape index (κ1) is 17.1. The lowest BCUT2D eigenvalue weighted by molar-refractivity contribution is -0.122. The molecule has 0 aliphatic heterocycles. The van der Waals surface area contributed by atoms with Crippen molar-refractivity contribution in [2.45, 2.75) is 19.4 Å². The van der Waals surface area contributed by atoms with Crippen LogP contribution < -0.4 is 10.1 Å². The molecule has 1 N–H and O–H groups in total. The number of anilines is 1. The molecule has 0 saturated carbocycles. The van der Waals surface area contributed by atoms with Crippen molar-refractivity contribution in [1.82, 2.24) is 4.98 Å². The molecule has 2 aromatic carbocycles. The van der Waals surface area contributed by atoms with Crippen molar-refractivity contribution in [1.29, 1.82) is 0 Å². The first-order valence-corrected chi connectivity index (χ1v) is 8.77. The summed E-state index contributed by atoms with van der Waals surface area (Å²) in [6.07, 6.45) is -0.0581. The molecule has 1 heterocycles. The van der Waals surface area contributed by atoms with Gasteiger partial charge in [-0.05, 0) is 42.8 Å². The molecule has 0 fully saturated rings. The molecule has 6 heteroatoms. The first-order chi connectivity index (χ1) is 12.2. The quantitative estimate of drug-likeness (QED) is 0.694. The Morgan fingerprint density at radius 1 is 1.20 bits per heavy atom. The predicted molar refractivity (Wildman–Crippen MR) is 97.3 cm³/mol. The number of para-hydroxylation sites is 1. The number of halogens is 1. The van der Waals surface area contributed by atoms with Crippen LogP contribution in [0.3, 0.4) is 0 Å². The lowest BCUT2D eigenvalue weighted by Gasteiger charge is -2.16. The SMILES string of the molecule is CC[C@@H](Oc1ccccc1)C(=O)Nc1nc(-c2ccc(F)cc2)cs1. The molecule has 1 atom stereocenters. The van der Waals surface area contributed by atoms with Gasteiger partial charge in [0.05, 0.1) is 5.69 Å². The average molecular weight is 356 g/mol. The fourth-order valence-corrected chi connectivity index (χ4v) is 2.98. The largest absolute Gasteiger partial charge is 0.481 e. The summed E-state index contributed by atoms with van der Waals surface area (Å²) in [5, 5.41) is 5.09. The van der Waals surface area contributed by atoms with Crippen LogP contribution in [-0.4, -0.2) is 17.0 Å². The van der Waals surface area contributed by atoms with Crippen LogP contribution in [-0.2, 0) is 4.79 Å². The Hall–Kier alpha value is -2.73. The molecule has 25 heavy (non-hydrogen) atoms. The number of carbonyl (C=O) groups is 1. The van der Waals surface area contributed by atoms with Crippen LogP contribution in [0.4, 0.5) is 9.52 Å². The van der Waals surface area contributed by atoms with Crippen molar-refractivity contribution >= 4 is 22.4 Å². The molecular formula is C19H17FN2O2S. The summed E-state index contributed by atoms with van der Waals surface area (Å²) in [6, 6.07) is 15.3. The molecule has 0 radical (unpaired) electrons. The summed E-state index contributed by atoms with van der Waals surface area (Å²) in [4.78, 5) is 16.8. The number of carbonyl (C=O) groups excluding carboxylic acids is 1. The number of thiazole rings is 1. The van der Waals surface area contributed by atoms with E-state index in [9.17, 15) is 9.18 Å². The molecule has 3 aromatic rings. The number of hydrogen-bond donors (Lipinski definition) is 1. The fraction of sp³-hybridized carbons (Fsp3) is 0.158. The highest BCUT2D eigenvalue weighted by atomic mass is 32.1. The third-order valence-electron chi connectivity index (χ3n) is 3.56. The Kier molecular flexibility index (Phi) is 5.40. The van der Waals surface area contributed by atoms with E-state index in [0.717, 1.165) is 5.56 Å². The second-order valence-electron chi connectivity index (χ2n) is 5.36. The van der Waals surface area contributed by atoms with E-state index in [1.54, 1.807) is 12.1 Å². The minimum atomic E-state index is -0.597. The van der Waals surface area contributed by atoms with Crippen LogP contribution >= 0.6 is 11.3 Å². The van der Waals surface area contributed by atoms with E-state index in [2.05, 4.69) is 10.3 Å². The fourth-order valence-electron chi connectivity index (χ4n) is 2.26. The zero-order valence-corrected chi connectivity index (χ0v) is 14.4. The molecule has 128 valence electrons. The van der Waals surface area contributed by atoms with Crippen LogP contribution in [0.2, 0.25) is 0 Å². The maximum absolute atomic E-state index is 13.0. The summed E-state index contributed by atoms with van der Waals surface area (Å²) in [5.41, 5.74) is 1.49. The Morgan fingerprint density at radius 2 is 1.92 bits per heavy atom. The van der Waals surface area contributed by atoms with E-state index in [-0.39, 0.29) is 11.7 Å². The maximum atomic E-state index is 13.0. The Labute approximate surface area is 149 Å². The minimum Gasteiger partial charge on any atom is -0.481 e. The summed E-state index contributed by atoms with van der Waals surface area (Å²) >= 11 is 1.32. The van der Waals surface area contributed by atoms with Crippen molar-refractivity contribution in [3.8, 4) is 17.0 Å². The van der Waals surface area contributed by atoms with E-state index in [4.69, 9.17) is 4.74 Å². The van der Waals surface area contributed by atoms with Gasteiger partial charge >= 0.3 is 0 Å². The number of benzene rings is 2. The van der Waals surface area contributed by atoms with Gasteiger partial charge in [-0.15, -0.1) is 11.3 Å². The van der Waals surface area contributed by atoms with E-state index >= 15 is 0 Å².